The molecular formula is C14H15ClN4OS. The van der Waals surface area contributed by atoms with Crippen molar-refractivity contribution in [2.24, 2.45) is 0 Å². The first-order valence-electron chi connectivity index (χ1n) is 6.24. The highest BCUT2D eigenvalue weighted by molar-refractivity contribution is 8.00. The lowest BCUT2D eigenvalue weighted by atomic mass is 10.2. The Morgan fingerprint density at radius 3 is 2.86 bits per heavy atom. The monoisotopic (exact) mass is 322 g/mol. The number of halogens is 1. The summed E-state index contributed by atoms with van der Waals surface area (Å²) >= 11 is 7.21. The van der Waals surface area contributed by atoms with Crippen LogP contribution in [0.1, 0.15) is 5.56 Å². The maximum Gasteiger partial charge on any atom is 0.233 e. The Kier molecular flexibility index (Phi) is 5.41. The van der Waals surface area contributed by atoms with Crippen molar-refractivity contribution in [1.29, 1.82) is 0 Å². The second-order valence-corrected chi connectivity index (χ2v) is 5.82. The van der Waals surface area contributed by atoms with Crippen LogP contribution in [0.15, 0.2) is 41.7 Å². The molecule has 0 saturated carbocycles. The van der Waals surface area contributed by atoms with Crippen molar-refractivity contribution in [3.63, 3.8) is 0 Å². The Hall–Kier alpha value is -1.79. The smallest absolute Gasteiger partial charge is 0.233 e. The van der Waals surface area contributed by atoms with Crippen LogP contribution in [0.5, 0.6) is 0 Å². The largest absolute Gasteiger partial charge is 0.381 e. The summed E-state index contributed by atoms with van der Waals surface area (Å²) in [7, 11) is 1.75. The van der Waals surface area contributed by atoms with E-state index in [4.69, 9.17) is 17.3 Å². The quantitative estimate of drug-likeness (QED) is 0.856. The number of carbonyl (C=O) groups is 1. The van der Waals surface area contributed by atoms with E-state index in [0.29, 0.717) is 22.4 Å². The summed E-state index contributed by atoms with van der Waals surface area (Å²) in [6.45, 7) is 0.510. The number of hydrogen-bond donors (Lipinski definition) is 1. The van der Waals surface area contributed by atoms with E-state index in [1.807, 2.05) is 18.2 Å². The van der Waals surface area contributed by atoms with Gasteiger partial charge in [0.1, 0.15) is 5.03 Å². The van der Waals surface area contributed by atoms with Crippen LogP contribution in [0.25, 0.3) is 0 Å². The van der Waals surface area contributed by atoms with Crippen LogP contribution in [-0.2, 0) is 11.3 Å². The zero-order valence-corrected chi connectivity index (χ0v) is 13.1. The number of hydrogen-bond acceptors (Lipinski definition) is 5. The molecule has 2 rings (SSSR count). The second kappa shape index (κ2) is 7.28. The minimum Gasteiger partial charge on any atom is -0.381 e. The Labute approximate surface area is 132 Å². The highest BCUT2D eigenvalue weighted by atomic mass is 35.5. The predicted molar refractivity (Wildman–Crippen MR) is 85.1 cm³/mol. The van der Waals surface area contributed by atoms with Crippen molar-refractivity contribution in [1.82, 2.24) is 14.9 Å². The van der Waals surface area contributed by atoms with Crippen molar-refractivity contribution < 1.29 is 4.79 Å². The number of carbonyl (C=O) groups excluding carboxylic acids is 1. The summed E-state index contributed by atoms with van der Waals surface area (Å²) in [5, 5.41) is 1.23. The van der Waals surface area contributed by atoms with Crippen molar-refractivity contribution in [2.75, 3.05) is 18.5 Å². The molecule has 0 bridgehead atoms. The highest BCUT2D eigenvalue weighted by Crippen LogP contribution is 2.20. The third-order valence-corrected chi connectivity index (χ3v) is 3.97. The van der Waals surface area contributed by atoms with Crippen LogP contribution in [-0.4, -0.2) is 33.6 Å². The van der Waals surface area contributed by atoms with Crippen LogP contribution < -0.4 is 5.73 Å². The van der Waals surface area contributed by atoms with Crippen LogP contribution in [0.4, 0.5) is 5.82 Å². The SMILES string of the molecule is CN(Cc1cccc(Cl)c1)C(=O)CSc1nccnc1N. The molecule has 2 aromatic rings. The number of nitrogens with zero attached hydrogens (tertiary/aromatic N) is 3. The fraction of sp³-hybridized carbons (Fsp3) is 0.214. The molecule has 0 fully saturated rings. The molecule has 1 heterocycles. The van der Waals surface area contributed by atoms with Crippen molar-refractivity contribution in [2.45, 2.75) is 11.6 Å². The number of nitrogens with two attached hydrogens (primary N) is 1. The Bertz CT molecular complexity index is 638. The van der Waals surface area contributed by atoms with Gasteiger partial charge in [-0.1, -0.05) is 35.5 Å². The topological polar surface area (TPSA) is 72.1 Å². The van der Waals surface area contributed by atoms with Gasteiger partial charge in [-0.25, -0.2) is 9.97 Å². The van der Waals surface area contributed by atoms with Crippen LogP contribution >= 0.6 is 23.4 Å². The van der Waals surface area contributed by atoms with Gasteiger partial charge in [-0.2, -0.15) is 0 Å². The third-order valence-electron chi connectivity index (χ3n) is 2.76. The Balaban J connectivity index is 1.90. The maximum absolute atomic E-state index is 12.1. The Morgan fingerprint density at radius 2 is 2.14 bits per heavy atom. The molecule has 21 heavy (non-hydrogen) atoms. The van der Waals surface area contributed by atoms with Gasteiger partial charge in [-0.05, 0) is 17.7 Å². The van der Waals surface area contributed by atoms with E-state index in [1.165, 1.54) is 18.0 Å². The molecule has 0 spiro atoms. The first-order chi connectivity index (χ1) is 10.1. The van der Waals surface area contributed by atoms with Crippen molar-refractivity contribution in [3.05, 3.63) is 47.2 Å². The number of thioether (sulfide) groups is 1. The molecule has 1 aromatic heterocycles. The van der Waals surface area contributed by atoms with Crippen LogP contribution in [0, 0.1) is 0 Å². The van der Waals surface area contributed by atoms with Gasteiger partial charge in [0.25, 0.3) is 0 Å². The maximum atomic E-state index is 12.1. The predicted octanol–water partition coefficient (Wildman–Crippen LogP) is 2.46. The lowest BCUT2D eigenvalue weighted by Crippen LogP contribution is -2.27. The lowest BCUT2D eigenvalue weighted by molar-refractivity contribution is -0.127. The van der Waals surface area contributed by atoms with Gasteiger partial charge in [-0.15, -0.1) is 0 Å². The normalized spacial score (nSPS) is 10.4. The summed E-state index contributed by atoms with van der Waals surface area (Å²) < 4.78 is 0. The van der Waals surface area contributed by atoms with E-state index >= 15 is 0 Å². The molecule has 0 aliphatic rings. The molecule has 110 valence electrons. The van der Waals surface area contributed by atoms with Crippen LogP contribution in [0.2, 0.25) is 5.02 Å². The number of anilines is 1. The van der Waals surface area contributed by atoms with Gasteiger partial charge in [0.05, 0.1) is 5.75 Å². The summed E-state index contributed by atoms with van der Waals surface area (Å²) in [6, 6.07) is 7.45. The molecular weight excluding hydrogens is 308 g/mol. The molecule has 1 aromatic carbocycles. The molecule has 5 nitrogen and oxygen atoms in total. The zero-order valence-electron chi connectivity index (χ0n) is 11.5. The van der Waals surface area contributed by atoms with Crippen molar-refractivity contribution in [3.8, 4) is 0 Å². The second-order valence-electron chi connectivity index (χ2n) is 4.42. The fourth-order valence-corrected chi connectivity index (χ4v) is 2.71. The summed E-state index contributed by atoms with van der Waals surface area (Å²) in [5.74, 6) is 0.595. The van der Waals surface area contributed by atoms with Gasteiger partial charge >= 0.3 is 0 Å². The van der Waals surface area contributed by atoms with E-state index in [-0.39, 0.29) is 11.7 Å². The van der Waals surface area contributed by atoms with Gasteiger partial charge in [0.2, 0.25) is 5.91 Å². The average Bonchev–Trinajstić information content (AvgIpc) is 2.46. The van der Waals surface area contributed by atoms with E-state index in [0.717, 1.165) is 5.56 Å². The fourth-order valence-electron chi connectivity index (χ4n) is 1.68. The van der Waals surface area contributed by atoms with E-state index < -0.39 is 0 Å². The summed E-state index contributed by atoms with van der Waals surface area (Å²) in [5.41, 5.74) is 6.68. The molecule has 2 N–H and O–H groups in total. The molecule has 0 saturated heterocycles. The Morgan fingerprint density at radius 1 is 1.38 bits per heavy atom. The molecule has 0 radical (unpaired) electrons. The van der Waals surface area contributed by atoms with Crippen LogP contribution in [0.3, 0.4) is 0 Å². The molecule has 0 aliphatic heterocycles. The molecule has 0 atom stereocenters. The number of amides is 1. The number of rotatable bonds is 5. The zero-order chi connectivity index (χ0) is 15.2. The lowest BCUT2D eigenvalue weighted by Gasteiger charge is -2.17. The summed E-state index contributed by atoms with van der Waals surface area (Å²) in [4.78, 5) is 21.8. The standard InChI is InChI=1S/C14H15ClN4OS/c1-19(8-10-3-2-4-11(15)7-10)12(20)9-21-14-13(16)17-5-6-18-14/h2-7H,8-9H2,1H3,(H2,16,17). The van der Waals surface area contributed by atoms with E-state index in [1.54, 1.807) is 24.2 Å². The number of nitrogen functional groups attached to an aromatic ring is 1. The first kappa shape index (κ1) is 15.6. The van der Waals surface area contributed by atoms with Gasteiger partial charge in [0, 0.05) is 31.0 Å². The minimum atomic E-state index is -0.00923. The summed E-state index contributed by atoms with van der Waals surface area (Å²) in [6.07, 6.45) is 3.07. The molecule has 0 unspecified atom stereocenters. The third kappa shape index (κ3) is 4.61. The first-order valence-corrected chi connectivity index (χ1v) is 7.60. The molecule has 0 aliphatic carbocycles. The van der Waals surface area contributed by atoms with E-state index in [9.17, 15) is 4.79 Å². The van der Waals surface area contributed by atoms with Gasteiger partial charge in [0.15, 0.2) is 5.82 Å². The van der Waals surface area contributed by atoms with Crippen molar-refractivity contribution >= 4 is 35.1 Å². The molecule has 7 heteroatoms. The highest BCUT2D eigenvalue weighted by Gasteiger charge is 2.12. The molecule has 1 amide bonds. The average molecular weight is 323 g/mol. The number of aromatic nitrogens is 2. The van der Waals surface area contributed by atoms with Gasteiger partial charge < -0.3 is 10.6 Å². The number of benzene rings is 1. The van der Waals surface area contributed by atoms with Gasteiger partial charge in [-0.3, -0.25) is 4.79 Å². The minimum absolute atomic E-state index is 0.00923. The van der Waals surface area contributed by atoms with E-state index in [2.05, 4.69) is 9.97 Å².